The van der Waals surface area contributed by atoms with Crippen molar-refractivity contribution in [2.45, 2.75) is 62.8 Å². The Kier molecular flexibility index (Phi) is 5.07. The molecule has 26 heavy (non-hydrogen) atoms. The Morgan fingerprint density at radius 3 is 2.65 bits per heavy atom. The van der Waals surface area contributed by atoms with Crippen LogP contribution in [0.5, 0.6) is 0 Å². The summed E-state index contributed by atoms with van der Waals surface area (Å²) in [4.78, 5) is 28.1. The van der Waals surface area contributed by atoms with E-state index in [4.69, 9.17) is 0 Å². The van der Waals surface area contributed by atoms with Crippen LogP contribution in [-0.4, -0.2) is 40.6 Å². The van der Waals surface area contributed by atoms with Gasteiger partial charge in [0.1, 0.15) is 6.54 Å². The van der Waals surface area contributed by atoms with Crippen molar-refractivity contribution in [1.82, 2.24) is 10.2 Å². The second kappa shape index (κ2) is 7.47. The van der Waals surface area contributed by atoms with Crippen molar-refractivity contribution < 1.29 is 9.59 Å². The summed E-state index contributed by atoms with van der Waals surface area (Å²) in [5.74, 6) is 0.0106. The highest BCUT2D eigenvalue weighted by atomic mass is 32.2. The molecule has 2 atom stereocenters. The van der Waals surface area contributed by atoms with E-state index in [2.05, 4.69) is 24.4 Å². The minimum Gasteiger partial charge on any atom is -0.352 e. The fourth-order valence-corrected chi connectivity index (χ4v) is 5.30. The SMILES string of the molecule is Cc1ccc(/C=C2/SC3CCCCC3N(CC(=O)NC3CC3)C2=O)cc1. The standard InChI is InChI=1S/C21H26N2O2S/c1-14-6-8-15(9-7-14)12-19-21(25)23(13-20(24)22-16-10-11-16)17-4-2-3-5-18(17)26-19/h6-9,12,16-18H,2-5,10-11,13H2,1H3,(H,22,24)/b19-12+. The zero-order valence-electron chi connectivity index (χ0n) is 15.2. The van der Waals surface area contributed by atoms with Gasteiger partial charge in [-0.1, -0.05) is 42.7 Å². The van der Waals surface area contributed by atoms with Gasteiger partial charge in [0.2, 0.25) is 5.91 Å². The third-order valence-corrected chi connectivity index (χ3v) is 6.85. The Morgan fingerprint density at radius 2 is 1.92 bits per heavy atom. The molecule has 1 heterocycles. The van der Waals surface area contributed by atoms with Gasteiger partial charge < -0.3 is 10.2 Å². The van der Waals surface area contributed by atoms with Gasteiger partial charge in [-0.05, 0) is 44.2 Å². The normalized spacial score (nSPS) is 27.3. The minimum absolute atomic E-state index is 0.00763. The van der Waals surface area contributed by atoms with Gasteiger partial charge in [-0.25, -0.2) is 0 Å². The molecule has 2 unspecified atom stereocenters. The lowest BCUT2D eigenvalue weighted by molar-refractivity contribution is -0.135. The smallest absolute Gasteiger partial charge is 0.261 e. The summed E-state index contributed by atoms with van der Waals surface area (Å²) >= 11 is 1.72. The number of carbonyl (C=O) groups is 2. The van der Waals surface area contributed by atoms with Crippen LogP contribution in [0.15, 0.2) is 29.2 Å². The second-order valence-corrected chi connectivity index (χ2v) is 8.98. The second-order valence-electron chi connectivity index (χ2n) is 7.70. The summed E-state index contributed by atoms with van der Waals surface area (Å²) in [7, 11) is 0. The number of hydrogen-bond acceptors (Lipinski definition) is 3. The van der Waals surface area contributed by atoms with Gasteiger partial charge in [-0.2, -0.15) is 0 Å². The average molecular weight is 371 g/mol. The molecule has 2 saturated carbocycles. The first-order valence-corrected chi connectivity index (χ1v) is 10.5. The van der Waals surface area contributed by atoms with Crippen LogP contribution in [0.2, 0.25) is 0 Å². The molecule has 0 radical (unpaired) electrons. The predicted molar refractivity (Wildman–Crippen MR) is 106 cm³/mol. The molecule has 2 amide bonds. The first-order valence-electron chi connectivity index (χ1n) is 9.65. The van der Waals surface area contributed by atoms with E-state index >= 15 is 0 Å². The topological polar surface area (TPSA) is 49.4 Å². The van der Waals surface area contributed by atoms with Crippen LogP contribution in [0.25, 0.3) is 6.08 Å². The van der Waals surface area contributed by atoms with E-state index in [1.165, 1.54) is 12.0 Å². The predicted octanol–water partition coefficient (Wildman–Crippen LogP) is 3.50. The van der Waals surface area contributed by atoms with Crippen LogP contribution in [-0.2, 0) is 9.59 Å². The first kappa shape index (κ1) is 17.7. The van der Waals surface area contributed by atoms with E-state index < -0.39 is 0 Å². The molecule has 1 aromatic carbocycles. The maximum absolute atomic E-state index is 13.1. The van der Waals surface area contributed by atoms with Crippen molar-refractivity contribution in [2.75, 3.05) is 6.54 Å². The number of nitrogens with zero attached hydrogens (tertiary/aromatic N) is 1. The van der Waals surface area contributed by atoms with Gasteiger partial charge in [0.15, 0.2) is 0 Å². The molecule has 0 aromatic heterocycles. The van der Waals surface area contributed by atoms with Crippen molar-refractivity contribution in [3.8, 4) is 0 Å². The molecule has 138 valence electrons. The fraction of sp³-hybridized carbons (Fsp3) is 0.524. The third-order valence-electron chi connectivity index (χ3n) is 5.45. The number of hydrogen-bond donors (Lipinski definition) is 1. The van der Waals surface area contributed by atoms with Gasteiger partial charge in [-0.3, -0.25) is 9.59 Å². The van der Waals surface area contributed by atoms with Crippen LogP contribution in [0.3, 0.4) is 0 Å². The highest BCUT2D eigenvalue weighted by molar-refractivity contribution is 8.04. The van der Waals surface area contributed by atoms with Gasteiger partial charge >= 0.3 is 0 Å². The van der Waals surface area contributed by atoms with E-state index in [-0.39, 0.29) is 24.4 Å². The number of rotatable bonds is 4. The van der Waals surface area contributed by atoms with E-state index in [1.54, 1.807) is 11.8 Å². The highest BCUT2D eigenvalue weighted by Crippen LogP contribution is 2.42. The Morgan fingerprint density at radius 1 is 1.19 bits per heavy atom. The summed E-state index contributed by atoms with van der Waals surface area (Å²) < 4.78 is 0. The molecule has 1 N–H and O–H groups in total. The van der Waals surface area contributed by atoms with E-state index in [9.17, 15) is 9.59 Å². The zero-order valence-corrected chi connectivity index (χ0v) is 16.1. The Balaban J connectivity index is 1.56. The summed E-state index contributed by atoms with van der Waals surface area (Å²) in [5.41, 5.74) is 2.25. The van der Waals surface area contributed by atoms with Crippen LogP contribution in [0, 0.1) is 6.92 Å². The third kappa shape index (κ3) is 3.98. The van der Waals surface area contributed by atoms with E-state index in [0.29, 0.717) is 11.3 Å². The molecular weight excluding hydrogens is 344 g/mol. The molecule has 3 fully saturated rings. The molecular formula is C21H26N2O2S. The van der Waals surface area contributed by atoms with Crippen LogP contribution >= 0.6 is 11.8 Å². The quantitative estimate of drug-likeness (QED) is 0.825. The number of nitrogens with one attached hydrogen (secondary N) is 1. The highest BCUT2D eigenvalue weighted by Gasteiger charge is 2.41. The number of aryl methyl sites for hydroxylation is 1. The number of fused-ring (bicyclic) bond motifs is 1. The molecule has 5 heteroatoms. The maximum atomic E-state index is 13.1. The molecule has 0 spiro atoms. The fourth-order valence-electron chi connectivity index (χ4n) is 3.83. The van der Waals surface area contributed by atoms with Gasteiger partial charge in [0.25, 0.3) is 5.91 Å². The Hall–Kier alpha value is -1.75. The van der Waals surface area contributed by atoms with Crippen LogP contribution in [0.4, 0.5) is 0 Å². The number of thioether (sulfide) groups is 1. The van der Waals surface area contributed by atoms with Crippen molar-refractivity contribution in [3.05, 3.63) is 40.3 Å². The molecule has 1 aliphatic heterocycles. The van der Waals surface area contributed by atoms with E-state index in [1.807, 2.05) is 23.1 Å². The summed E-state index contributed by atoms with van der Waals surface area (Å²) in [6.45, 7) is 2.26. The lowest BCUT2D eigenvalue weighted by Gasteiger charge is -2.43. The first-order chi connectivity index (χ1) is 12.6. The zero-order chi connectivity index (χ0) is 18.1. The lowest BCUT2D eigenvalue weighted by Crippen LogP contribution is -2.54. The van der Waals surface area contributed by atoms with Crippen molar-refractivity contribution in [3.63, 3.8) is 0 Å². The molecule has 4 rings (SSSR count). The van der Waals surface area contributed by atoms with Crippen molar-refractivity contribution in [2.24, 2.45) is 0 Å². The van der Waals surface area contributed by atoms with Crippen LogP contribution < -0.4 is 5.32 Å². The molecule has 1 saturated heterocycles. The largest absolute Gasteiger partial charge is 0.352 e. The van der Waals surface area contributed by atoms with Gasteiger partial charge in [0, 0.05) is 17.3 Å². The summed E-state index contributed by atoms with van der Waals surface area (Å²) in [6.07, 6.45) is 8.62. The van der Waals surface area contributed by atoms with Crippen LogP contribution in [0.1, 0.15) is 49.7 Å². The molecule has 0 bridgehead atoms. The monoisotopic (exact) mass is 370 g/mol. The Bertz CT molecular complexity index is 724. The molecule has 2 aliphatic carbocycles. The summed E-state index contributed by atoms with van der Waals surface area (Å²) in [5, 5.41) is 3.44. The average Bonchev–Trinajstić information content (AvgIpc) is 3.44. The number of amides is 2. The number of carbonyl (C=O) groups excluding carboxylic acids is 2. The molecule has 1 aromatic rings. The lowest BCUT2D eigenvalue weighted by atomic mass is 9.93. The maximum Gasteiger partial charge on any atom is 0.261 e. The minimum atomic E-state index is -0.00763. The summed E-state index contributed by atoms with van der Waals surface area (Å²) in [6, 6.07) is 8.76. The van der Waals surface area contributed by atoms with Crippen molar-refractivity contribution >= 4 is 29.7 Å². The Labute approximate surface area is 159 Å². The van der Waals surface area contributed by atoms with Gasteiger partial charge in [0.05, 0.1) is 4.91 Å². The van der Waals surface area contributed by atoms with E-state index in [0.717, 1.165) is 42.6 Å². The van der Waals surface area contributed by atoms with Gasteiger partial charge in [-0.15, -0.1) is 11.8 Å². The molecule has 4 nitrogen and oxygen atoms in total. The van der Waals surface area contributed by atoms with Crippen molar-refractivity contribution in [1.29, 1.82) is 0 Å². The number of benzene rings is 1. The molecule has 3 aliphatic rings.